The van der Waals surface area contributed by atoms with E-state index < -0.39 is 0 Å². The van der Waals surface area contributed by atoms with Gasteiger partial charge in [0.1, 0.15) is 0 Å². The van der Waals surface area contributed by atoms with Crippen molar-refractivity contribution < 1.29 is 4.79 Å². The van der Waals surface area contributed by atoms with Crippen LogP contribution in [0, 0.1) is 6.92 Å². The fourth-order valence-corrected chi connectivity index (χ4v) is 2.84. The van der Waals surface area contributed by atoms with Crippen molar-refractivity contribution in [2.45, 2.75) is 20.3 Å². The zero-order valence-electron chi connectivity index (χ0n) is 13.9. The lowest BCUT2D eigenvalue weighted by atomic mass is 10.2. The van der Waals surface area contributed by atoms with E-state index in [0.717, 1.165) is 23.4 Å². The Morgan fingerprint density at radius 3 is 2.60 bits per heavy atom. The van der Waals surface area contributed by atoms with E-state index in [0.29, 0.717) is 21.4 Å². The Kier molecular flexibility index (Phi) is 5.11. The minimum Gasteiger partial charge on any atom is -0.305 e. The highest BCUT2D eigenvalue weighted by atomic mass is 35.5. The van der Waals surface area contributed by atoms with Crippen LogP contribution in [0.5, 0.6) is 0 Å². The van der Waals surface area contributed by atoms with Gasteiger partial charge in [-0.05, 0) is 49.2 Å². The molecular weight excluding hydrogens is 357 g/mol. The molecule has 0 fully saturated rings. The van der Waals surface area contributed by atoms with Gasteiger partial charge in [-0.2, -0.15) is 0 Å². The molecule has 0 spiro atoms. The Balaban J connectivity index is 1.88. The molecule has 2 aromatic carbocycles. The number of hydrogen-bond acceptors (Lipinski definition) is 2. The molecule has 3 aromatic rings. The van der Waals surface area contributed by atoms with Crippen LogP contribution in [-0.2, 0) is 6.42 Å². The van der Waals surface area contributed by atoms with Crippen LogP contribution in [0.4, 0.5) is 5.82 Å². The second-order valence-corrected chi connectivity index (χ2v) is 6.52. The van der Waals surface area contributed by atoms with Crippen LogP contribution in [-0.4, -0.2) is 15.7 Å². The number of carbonyl (C=O) groups is 1. The molecule has 3 rings (SSSR count). The van der Waals surface area contributed by atoms with Gasteiger partial charge in [0.2, 0.25) is 0 Å². The minimum absolute atomic E-state index is 0.282. The molecule has 1 heterocycles. The molecule has 0 saturated carbocycles. The SMILES string of the molecule is CCc1cc(NC(=O)c2ccc(Cl)c(Cl)c2)nn1-c1cccc(C)c1. The van der Waals surface area contributed by atoms with Gasteiger partial charge in [-0.25, -0.2) is 4.68 Å². The molecule has 0 saturated heterocycles. The summed E-state index contributed by atoms with van der Waals surface area (Å²) in [5.41, 5.74) is 3.55. The van der Waals surface area contributed by atoms with E-state index in [-0.39, 0.29) is 5.91 Å². The quantitative estimate of drug-likeness (QED) is 0.673. The van der Waals surface area contributed by atoms with Crippen LogP contribution >= 0.6 is 23.2 Å². The van der Waals surface area contributed by atoms with Gasteiger partial charge in [-0.15, -0.1) is 5.10 Å². The number of benzene rings is 2. The Labute approximate surface area is 156 Å². The lowest BCUT2D eigenvalue weighted by Gasteiger charge is -2.06. The Hall–Kier alpha value is -2.30. The van der Waals surface area contributed by atoms with Crippen molar-refractivity contribution in [2.75, 3.05) is 5.32 Å². The molecule has 25 heavy (non-hydrogen) atoms. The highest BCUT2D eigenvalue weighted by Crippen LogP contribution is 2.23. The summed E-state index contributed by atoms with van der Waals surface area (Å²) in [6.45, 7) is 4.08. The molecule has 1 amide bonds. The van der Waals surface area contributed by atoms with Crippen LogP contribution in [0.1, 0.15) is 28.5 Å². The molecule has 0 aliphatic rings. The zero-order valence-corrected chi connectivity index (χ0v) is 15.4. The first-order chi connectivity index (χ1) is 12.0. The number of aryl methyl sites for hydroxylation is 2. The third-order valence-electron chi connectivity index (χ3n) is 3.81. The lowest BCUT2D eigenvalue weighted by molar-refractivity contribution is 0.102. The van der Waals surface area contributed by atoms with Gasteiger partial charge in [0.15, 0.2) is 5.82 Å². The molecule has 6 heteroatoms. The number of amides is 1. The maximum Gasteiger partial charge on any atom is 0.256 e. The Morgan fingerprint density at radius 2 is 1.92 bits per heavy atom. The molecule has 1 N–H and O–H groups in total. The van der Waals surface area contributed by atoms with E-state index in [2.05, 4.69) is 16.5 Å². The summed E-state index contributed by atoms with van der Waals surface area (Å²) in [6, 6.07) is 14.7. The summed E-state index contributed by atoms with van der Waals surface area (Å²) in [7, 11) is 0. The van der Waals surface area contributed by atoms with Crippen LogP contribution < -0.4 is 5.32 Å². The van der Waals surface area contributed by atoms with Crippen LogP contribution in [0.2, 0.25) is 10.0 Å². The van der Waals surface area contributed by atoms with E-state index in [1.165, 1.54) is 6.07 Å². The highest BCUT2D eigenvalue weighted by molar-refractivity contribution is 6.42. The molecule has 0 aliphatic carbocycles. The normalized spacial score (nSPS) is 10.7. The number of rotatable bonds is 4. The van der Waals surface area contributed by atoms with Gasteiger partial charge >= 0.3 is 0 Å². The third-order valence-corrected chi connectivity index (χ3v) is 4.55. The van der Waals surface area contributed by atoms with Crippen molar-refractivity contribution in [3.63, 3.8) is 0 Å². The van der Waals surface area contributed by atoms with Crippen molar-refractivity contribution in [3.8, 4) is 5.69 Å². The van der Waals surface area contributed by atoms with Crippen molar-refractivity contribution in [2.24, 2.45) is 0 Å². The summed E-state index contributed by atoms with van der Waals surface area (Å²) < 4.78 is 1.84. The van der Waals surface area contributed by atoms with E-state index in [9.17, 15) is 4.79 Å². The molecule has 0 radical (unpaired) electrons. The summed E-state index contributed by atoms with van der Waals surface area (Å²) in [6.07, 6.45) is 0.795. The van der Waals surface area contributed by atoms with E-state index >= 15 is 0 Å². The van der Waals surface area contributed by atoms with Gasteiger partial charge < -0.3 is 5.32 Å². The van der Waals surface area contributed by atoms with E-state index in [1.807, 2.05) is 42.8 Å². The van der Waals surface area contributed by atoms with Crippen molar-refractivity contribution >= 4 is 34.9 Å². The fraction of sp³-hybridized carbons (Fsp3) is 0.158. The average Bonchev–Trinajstić information content (AvgIpc) is 3.00. The summed E-state index contributed by atoms with van der Waals surface area (Å²) in [5, 5.41) is 8.09. The fourth-order valence-electron chi connectivity index (χ4n) is 2.54. The van der Waals surface area contributed by atoms with Gasteiger partial charge in [-0.3, -0.25) is 4.79 Å². The largest absolute Gasteiger partial charge is 0.305 e. The minimum atomic E-state index is -0.282. The maximum absolute atomic E-state index is 12.4. The standard InChI is InChI=1S/C19H17Cl2N3O/c1-3-14-11-18(23-24(14)15-6-4-5-12(2)9-15)22-19(25)13-7-8-16(20)17(21)10-13/h4-11H,3H2,1-2H3,(H,22,23,25). The van der Waals surface area contributed by atoms with Crippen LogP contribution in [0.15, 0.2) is 48.5 Å². The molecule has 0 atom stereocenters. The molecule has 0 unspecified atom stereocenters. The summed E-state index contributed by atoms with van der Waals surface area (Å²) in [4.78, 5) is 12.4. The zero-order chi connectivity index (χ0) is 18.0. The van der Waals surface area contributed by atoms with Gasteiger partial charge in [-0.1, -0.05) is 42.3 Å². The summed E-state index contributed by atoms with van der Waals surface area (Å²) in [5.74, 6) is 0.213. The van der Waals surface area contributed by atoms with E-state index in [4.69, 9.17) is 23.2 Å². The highest BCUT2D eigenvalue weighted by Gasteiger charge is 2.13. The number of nitrogens with zero attached hydrogens (tertiary/aromatic N) is 2. The topological polar surface area (TPSA) is 46.9 Å². The van der Waals surface area contributed by atoms with Crippen molar-refractivity contribution in [3.05, 3.63) is 75.4 Å². The molecule has 0 bridgehead atoms. The number of halogens is 2. The number of hydrogen-bond donors (Lipinski definition) is 1. The van der Waals surface area contributed by atoms with Crippen molar-refractivity contribution in [1.82, 2.24) is 9.78 Å². The molecule has 1 aromatic heterocycles. The monoisotopic (exact) mass is 373 g/mol. The van der Waals surface area contributed by atoms with Gasteiger partial charge in [0, 0.05) is 17.3 Å². The lowest BCUT2D eigenvalue weighted by Crippen LogP contribution is -2.12. The Bertz CT molecular complexity index is 934. The van der Waals surface area contributed by atoms with Crippen LogP contribution in [0.25, 0.3) is 5.69 Å². The van der Waals surface area contributed by atoms with Gasteiger partial charge in [0.25, 0.3) is 5.91 Å². The first-order valence-electron chi connectivity index (χ1n) is 7.90. The molecular formula is C19H17Cl2N3O. The van der Waals surface area contributed by atoms with Gasteiger partial charge in [0.05, 0.1) is 15.7 Å². The number of carbonyl (C=O) groups excluding carboxylic acids is 1. The average molecular weight is 374 g/mol. The first-order valence-corrected chi connectivity index (χ1v) is 8.66. The predicted molar refractivity (Wildman–Crippen MR) is 102 cm³/mol. The molecule has 4 nitrogen and oxygen atoms in total. The number of aromatic nitrogens is 2. The maximum atomic E-state index is 12.4. The van der Waals surface area contributed by atoms with Crippen LogP contribution in [0.3, 0.4) is 0 Å². The third kappa shape index (κ3) is 3.86. The van der Waals surface area contributed by atoms with E-state index in [1.54, 1.807) is 12.1 Å². The first kappa shape index (κ1) is 17.5. The van der Waals surface area contributed by atoms with Crippen molar-refractivity contribution in [1.29, 1.82) is 0 Å². The molecule has 0 aliphatic heterocycles. The smallest absolute Gasteiger partial charge is 0.256 e. The predicted octanol–water partition coefficient (Wildman–Crippen LogP) is 5.30. The number of anilines is 1. The molecule has 128 valence electrons. The second kappa shape index (κ2) is 7.30. The second-order valence-electron chi connectivity index (χ2n) is 5.71. The summed E-state index contributed by atoms with van der Waals surface area (Å²) >= 11 is 11.9. The Morgan fingerprint density at radius 1 is 1.12 bits per heavy atom. The number of nitrogens with one attached hydrogen (secondary N) is 1.